The predicted molar refractivity (Wildman–Crippen MR) is 157 cm³/mol. The lowest BCUT2D eigenvalue weighted by Crippen LogP contribution is -2.39. The summed E-state index contributed by atoms with van der Waals surface area (Å²) in [7, 11) is 0. The Kier molecular flexibility index (Phi) is 8.77. The van der Waals surface area contributed by atoms with Crippen LogP contribution in [0.3, 0.4) is 0 Å². The number of benzene rings is 1. The van der Waals surface area contributed by atoms with Crippen molar-refractivity contribution in [3.8, 4) is 0 Å². The molecule has 216 valence electrons. The highest BCUT2D eigenvalue weighted by Gasteiger charge is 2.25. The molecule has 0 radical (unpaired) electrons. The molecule has 3 aromatic heterocycles. The van der Waals surface area contributed by atoms with Crippen LogP contribution in [0.15, 0.2) is 58.7 Å². The Morgan fingerprint density at radius 2 is 2.02 bits per heavy atom. The molecule has 0 spiro atoms. The summed E-state index contributed by atoms with van der Waals surface area (Å²) < 4.78 is 13.3. The summed E-state index contributed by atoms with van der Waals surface area (Å²) in [6.07, 6.45) is 3.03. The molecule has 3 N–H and O–H groups in total. The second-order valence-electron chi connectivity index (χ2n) is 10.3. The zero-order valence-electron chi connectivity index (χ0n) is 23.1. The number of H-pyrrole nitrogens is 1. The number of anilines is 3. The van der Waals surface area contributed by atoms with Crippen LogP contribution in [-0.2, 0) is 14.3 Å². The van der Waals surface area contributed by atoms with Crippen LogP contribution in [0.5, 0.6) is 0 Å². The van der Waals surface area contributed by atoms with E-state index in [1.54, 1.807) is 4.52 Å². The molecule has 0 bridgehead atoms. The average Bonchev–Trinajstić information content (AvgIpc) is 3.72. The molecular formula is C28H35N9O3S. The van der Waals surface area contributed by atoms with E-state index < -0.39 is 0 Å². The molecule has 5 heterocycles. The van der Waals surface area contributed by atoms with E-state index in [-0.39, 0.29) is 12.0 Å². The fourth-order valence-electron chi connectivity index (χ4n) is 5.02. The van der Waals surface area contributed by atoms with Gasteiger partial charge >= 0.3 is 0 Å². The Morgan fingerprint density at radius 3 is 2.83 bits per heavy atom. The molecule has 4 aromatic rings. The molecule has 0 saturated carbocycles. The van der Waals surface area contributed by atoms with Gasteiger partial charge in [-0.2, -0.15) is 5.10 Å². The highest BCUT2D eigenvalue weighted by atomic mass is 32.2. The number of fused-ring (bicyclic) bond motifs is 1. The third-order valence-corrected chi connectivity index (χ3v) is 8.00. The number of nitrogens with zero attached hydrogens (tertiary/aromatic N) is 6. The Morgan fingerprint density at radius 1 is 1.17 bits per heavy atom. The molecule has 2 fully saturated rings. The summed E-state index contributed by atoms with van der Waals surface area (Å²) in [6, 6.07) is 13.5. The molecule has 1 amide bonds. The highest BCUT2D eigenvalue weighted by Crippen LogP contribution is 2.29. The number of aromatic amines is 1. The fraction of sp³-hybridized carbons (Fsp3) is 0.429. The van der Waals surface area contributed by atoms with Crippen LogP contribution in [0.25, 0.3) is 5.52 Å². The number of hydrogen-bond donors (Lipinski definition) is 3. The molecule has 0 unspecified atom stereocenters. The standard InChI is InChI=1S/C28H35N9O3S/c1-20-17-25(33-32-20)30-27-24-3-2-9-37(24)34-28(31-27)41-23-6-4-21(5-7-23)29-26(38)19-36-10-8-22(18-36)40-16-13-35-11-14-39-15-12-35/h2-7,9,17,22H,8,10-16,18-19H2,1H3,(H,29,38)(H2,30,31,32,33,34)/t22-/m1/s1. The summed E-state index contributed by atoms with van der Waals surface area (Å²) in [5, 5.41) is 18.7. The molecule has 2 saturated heterocycles. The van der Waals surface area contributed by atoms with Crippen LogP contribution in [0.2, 0.25) is 0 Å². The van der Waals surface area contributed by atoms with E-state index in [1.165, 1.54) is 11.8 Å². The molecular weight excluding hydrogens is 542 g/mol. The number of amides is 1. The van der Waals surface area contributed by atoms with Gasteiger partial charge in [-0.05, 0) is 61.5 Å². The molecule has 1 atom stereocenters. The summed E-state index contributed by atoms with van der Waals surface area (Å²) in [4.78, 5) is 22.9. The first-order valence-corrected chi connectivity index (χ1v) is 14.8. The first kappa shape index (κ1) is 27.7. The molecule has 0 aliphatic carbocycles. The SMILES string of the molecule is Cc1cc(Nc2nc(Sc3ccc(NC(=O)CN4CC[C@@H](OCCN5CCOCC5)C4)cc3)nn3cccc23)n[nH]1. The smallest absolute Gasteiger partial charge is 0.238 e. The summed E-state index contributed by atoms with van der Waals surface area (Å²) in [6.45, 7) is 9.18. The van der Waals surface area contributed by atoms with Gasteiger partial charge in [-0.3, -0.25) is 19.7 Å². The number of likely N-dealkylation sites (tertiary alicyclic amines) is 1. The first-order chi connectivity index (χ1) is 20.1. The number of carbonyl (C=O) groups is 1. The van der Waals surface area contributed by atoms with Crippen molar-refractivity contribution in [2.45, 2.75) is 29.5 Å². The van der Waals surface area contributed by atoms with Gasteiger partial charge in [-0.15, -0.1) is 5.10 Å². The van der Waals surface area contributed by atoms with Crippen molar-refractivity contribution in [1.82, 2.24) is 34.6 Å². The van der Waals surface area contributed by atoms with Crippen molar-refractivity contribution < 1.29 is 14.3 Å². The second kappa shape index (κ2) is 13.0. The normalized spacial score (nSPS) is 18.2. The maximum atomic E-state index is 12.7. The number of ether oxygens (including phenoxy) is 2. The van der Waals surface area contributed by atoms with Crippen molar-refractivity contribution >= 4 is 40.5 Å². The predicted octanol–water partition coefficient (Wildman–Crippen LogP) is 3.02. The Hall–Kier alpha value is -3.49. The number of aromatic nitrogens is 5. The Bertz CT molecular complexity index is 1450. The van der Waals surface area contributed by atoms with Gasteiger partial charge in [-0.25, -0.2) is 9.50 Å². The van der Waals surface area contributed by atoms with E-state index in [0.29, 0.717) is 23.3 Å². The molecule has 6 rings (SSSR count). The minimum atomic E-state index is -0.0231. The van der Waals surface area contributed by atoms with Gasteiger partial charge in [0.1, 0.15) is 5.52 Å². The molecule has 13 heteroatoms. The van der Waals surface area contributed by atoms with Gasteiger partial charge in [0, 0.05) is 61.3 Å². The summed E-state index contributed by atoms with van der Waals surface area (Å²) in [5.41, 5.74) is 2.58. The fourth-order valence-corrected chi connectivity index (χ4v) is 5.77. The van der Waals surface area contributed by atoms with Crippen LogP contribution in [0.1, 0.15) is 12.1 Å². The molecule has 41 heavy (non-hydrogen) atoms. The van der Waals surface area contributed by atoms with Gasteiger partial charge in [0.05, 0.1) is 32.5 Å². The number of hydrogen-bond acceptors (Lipinski definition) is 10. The third kappa shape index (κ3) is 7.43. The Balaban J connectivity index is 0.979. The quantitative estimate of drug-likeness (QED) is 0.245. The summed E-state index contributed by atoms with van der Waals surface area (Å²) >= 11 is 1.45. The monoisotopic (exact) mass is 577 g/mol. The lowest BCUT2D eigenvalue weighted by molar-refractivity contribution is -0.117. The van der Waals surface area contributed by atoms with Crippen LogP contribution in [0, 0.1) is 6.92 Å². The zero-order valence-corrected chi connectivity index (χ0v) is 23.9. The first-order valence-electron chi connectivity index (χ1n) is 13.9. The van der Waals surface area contributed by atoms with Crippen LogP contribution in [-0.4, -0.2) is 106 Å². The van der Waals surface area contributed by atoms with E-state index in [0.717, 1.165) is 80.8 Å². The van der Waals surface area contributed by atoms with Crippen molar-refractivity contribution in [2.75, 3.05) is 69.7 Å². The number of morpholine rings is 1. The van der Waals surface area contributed by atoms with E-state index in [1.807, 2.05) is 55.6 Å². The van der Waals surface area contributed by atoms with E-state index in [9.17, 15) is 4.79 Å². The van der Waals surface area contributed by atoms with Crippen molar-refractivity contribution in [1.29, 1.82) is 0 Å². The van der Waals surface area contributed by atoms with Gasteiger partial charge in [0.2, 0.25) is 11.1 Å². The topological polar surface area (TPSA) is 125 Å². The maximum Gasteiger partial charge on any atom is 0.238 e. The molecule has 12 nitrogen and oxygen atoms in total. The molecule has 2 aliphatic heterocycles. The summed E-state index contributed by atoms with van der Waals surface area (Å²) in [5.74, 6) is 1.35. The van der Waals surface area contributed by atoms with Crippen molar-refractivity contribution in [3.63, 3.8) is 0 Å². The number of carbonyl (C=O) groups excluding carboxylic acids is 1. The lowest BCUT2D eigenvalue weighted by atomic mass is 10.3. The van der Waals surface area contributed by atoms with E-state index >= 15 is 0 Å². The van der Waals surface area contributed by atoms with Gasteiger partial charge in [-0.1, -0.05) is 0 Å². The number of aryl methyl sites for hydroxylation is 1. The van der Waals surface area contributed by atoms with E-state index in [2.05, 4.69) is 35.7 Å². The second-order valence-corrected chi connectivity index (χ2v) is 11.3. The zero-order chi connectivity index (χ0) is 28.0. The third-order valence-electron chi connectivity index (χ3n) is 7.13. The minimum Gasteiger partial charge on any atom is -0.379 e. The largest absolute Gasteiger partial charge is 0.379 e. The van der Waals surface area contributed by atoms with Crippen molar-refractivity contribution in [3.05, 3.63) is 54.4 Å². The number of nitrogens with one attached hydrogen (secondary N) is 3. The van der Waals surface area contributed by atoms with Gasteiger partial charge in [0.25, 0.3) is 0 Å². The molecule has 2 aliphatic rings. The Labute approximate surface area is 242 Å². The van der Waals surface area contributed by atoms with Crippen LogP contribution < -0.4 is 10.6 Å². The van der Waals surface area contributed by atoms with Crippen LogP contribution >= 0.6 is 11.8 Å². The maximum absolute atomic E-state index is 12.7. The van der Waals surface area contributed by atoms with Gasteiger partial charge in [0.15, 0.2) is 11.6 Å². The minimum absolute atomic E-state index is 0.0231. The van der Waals surface area contributed by atoms with Crippen molar-refractivity contribution in [2.24, 2.45) is 0 Å². The highest BCUT2D eigenvalue weighted by molar-refractivity contribution is 7.99. The lowest BCUT2D eigenvalue weighted by Gasteiger charge is -2.26. The molecule has 1 aromatic carbocycles. The van der Waals surface area contributed by atoms with E-state index in [4.69, 9.17) is 14.5 Å². The average molecular weight is 578 g/mol. The number of rotatable bonds is 11. The van der Waals surface area contributed by atoms with Crippen LogP contribution in [0.4, 0.5) is 17.3 Å². The van der Waals surface area contributed by atoms with Gasteiger partial charge < -0.3 is 20.1 Å².